The lowest BCUT2D eigenvalue weighted by atomic mass is 10.2. The smallest absolute Gasteiger partial charge is 0.111 e. The van der Waals surface area contributed by atoms with E-state index in [2.05, 4.69) is 11.9 Å². The summed E-state index contributed by atoms with van der Waals surface area (Å²) in [5.41, 5.74) is 6.86. The predicted molar refractivity (Wildman–Crippen MR) is 61.8 cm³/mol. The van der Waals surface area contributed by atoms with Gasteiger partial charge in [-0.2, -0.15) is 0 Å². The van der Waals surface area contributed by atoms with Crippen molar-refractivity contribution in [1.82, 2.24) is 4.98 Å². The van der Waals surface area contributed by atoms with Crippen LogP contribution in [0.1, 0.15) is 24.4 Å². The topological polar surface area (TPSA) is 38.9 Å². The van der Waals surface area contributed by atoms with Crippen molar-refractivity contribution in [2.24, 2.45) is 5.73 Å². The first-order valence-electron chi connectivity index (χ1n) is 4.53. The van der Waals surface area contributed by atoms with E-state index in [9.17, 15) is 0 Å². The highest BCUT2D eigenvalue weighted by atomic mass is 35.5. The van der Waals surface area contributed by atoms with Crippen molar-refractivity contribution in [3.8, 4) is 0 Å². The molecule has 0 amide bonds. The quantitative estimate of drug-likeness (QED) is 0.853. The van der Waals surface area contributed by atoms with E-state index in [-0.39, 0.29) is 6.04 Å². The Morgan fingerprint density at radius 3 is 3.00 bits per heavy atom. The van der Waals surface area contributed by atoms with E-state index in [0.29, 0.717) is 0 Å². The molecule has 2 rings (SSSR count). The lowest BCUT2D eigenvalue weighted by Crippen LogP contribution is -2.07. The molecule has 0 aliphatic heterocycles. The number of benzene rings is 1. The molecular formula is C10H11ClN2S. The molecule has 1 heterocycles. The number of rotatable bonds is 2. The fourth-order valence-corrected chi connectivity index (χ4v) is 2.61. The highest BCUT2D eigenvalue weighted by Gasteiger charge is 2.11. The number of nitrogens with two attached hydrogens (primary N) is 1. The highest BCUT2D eigenvalue weighted by molar-refractivity contribution is 7.19. The van der Waals surface area contributed by atoms with Gasteiger partial charge in [0.15, 0.2) is 0 Å². The number of aromatic nitrogens is 1. The Morgan fingerprint density at radius 1 is 1.57 bits per heavy atom. The summed E-state index contributed by atoms with van der Waals surface area (Å²) in [7, 11) is 0. The Labute approximate surface area is 91.7 Å². The second-order valence-corrected chi connectivity index (χ2v) is 4.59. The Kier molecular flexibility index (Phi) is 2.72. The Bertz CT molecular complexity index is 452. The van der Waals surface area contributed by atoms with Crippen LogP contribution in [0.4, 0.5) is 0 Å². The molecule has 0 spiro atoms. The summed E-state index contributed by atoms with van der Waals surface area (Å²) in [5, 5.41) is 1.73. The van der Waals surface area contributed by atoms with Crippen LogP contribution in [-0.2, 0) is 0 Å². The van der Waals surface area contributed by atoms with Gasteiger partial charge in [-0.1, -0.05) is 24.6 Å². The first-order chi connectivity index (χ1) is 6.72. The summed E-state index contributed by atoms with van der Waals surface area (Å²) in [4.78, 5) is 4.45. The van der Waals surface area contributed by atoms with Gasteiger partial charge in [0.05, 0.1) is 21.3 Å². The van der Waals surface area contributed by atoms with Crippen molar-refractivity contribution in [1.29, 1.82) is 0 Å². The molecule has 0 radical (unpaired) electrons. The monoisotopic (exact) mass is 226 g/mol. The molecule has 1 aromatic heterocycles. The molecule has 1 atom stereocenters. The molecule has 0 aliphatic carbocycles. The number of hydrogen-bond donors (Lipinski definition) is 1. The van der Waals surface area contributed by atoms with Gasteiger partial charge in [0.25, 0.3) is 0 Å². The van der Waals surface area contributed by atoms with Gasteiger partial charge < -0.3 is 5.73 Å². The molecule has 14 heavy (non-hydrogen) atoms. The third kappa shape index (κ3) is 1.63. The fraction of sp³-hybridized carbons (Fsp3) is 0.300. The van der Waals surface area contributed by atoms with E-state index in [1.165, 1.54) is 0 Å². The van der Waals surface area contributed by atoms with Crippen molar-refractivity contribution in [2.45, 2.75) is 19.4 Å². The zero-order chi connectivity index (χ0) is 10.1. The molecule has 74 valence electrons. The summed E-state index contributed by atoms with van der Waals surface area (Å²) in [5.74, 6) is 0. The van der Waals surface area contributed by atoms with Crippen LogP contribution in [0, 0.1) is 0 Å². The Hall–Kier alpha value is -0.640. The summed E-state index contributed by atoms with van der Waals surface area (Å²) in [6.45, 7) is 2.05. The average molecular weight is 227 g/mol. The molecule has 0 aliphatic rings. The van der Waals surface area contributed by atoms with Gasteiger partial charge in [-0.05, 0) is 18.6 Å². The zero-order valence-electron chi connectivity index (χ0n) is 7.83. The van der Waals surface area contributed by atoms with Crippen LogP contribution < -0.4 is 5.73 Å². The lowest BCUT2D eigenvalue weighted by molar-refractivity contribution is 0.694. The molecular weight excluding hydrogens is 216 g/mol. The predicted octanol–water partition coefficient (Wildman–Crippen LogP) is 3.36. The molecule has 0 saturated carbocycles. The van der Waals surface area contributed by atoms with Gasteiger partial charge in [-0.15, -0.1) is 11.3 Å². The summed E-state index contributed by atoms with van der Waals surface area (Å²) in [6, 6.07) is 5.78. The van der Waals surface area contributed by atoms with Gasteiger partial charge in [0.1, 0.15) is 5.01 Å². The van der Waals surface area contributed by atoms with Crippen LogP contribution in [-0.4, -0.2) is 4.98 Å². The van der Waals surface area contributed by atoms with Crippen LogP contribution in [0.3, 0.4) is 0 Å². The molecule has 1 unspecified atom stereocenters. The van der Waals surface area contributed by atoms with Crippen molar-refractivity contribution in [3.05, 3.63) is 28.2 Å². The number of hydrogen-bond acceptors (Lipinski definition) is 3. The van der Waals surface area contributed by atoms with Gasteiger partial charge in [0.2, 0.25) is 0 Å². The van der Waals surface area contributed by atoms with E-state index in [0.717, 1.165) is 26.7 Å². The molecule has 1 aromatic carbocycles. The molecule has 2 aromatic rings. The largest absolute Gasteiger partial charge is 0.322 e. The molecule has 0 bridgehead atoms. The minimum Gasteiger partial charge on any atom is -0.322 e. The Balaban J connectivity index is 2.56. The SMILES string of the molecule is CCC(N)c1nc2cccc(Cl)c2s1. The maximum absolute atomic E-state index is 6.05. The van der Waals surface area contributed by atoms with E-state index in [4.69, 9.17) is 17.3 Å². The van der Waals surface area contributed by atoms with Crippen molar-refractivity contribution in [2.75, 3.05) is 0 Å². The van der Waals surface area contributed by atoms with Crippen LogP contribution in [0.25, 0.3) is 10.2 Å². The zero-order valence-corrected chi connectivity index (χ0v) is 9.40. The first kappa shape index (κ1) is 9.90. The summed E-state index contributed by atoms with van der Waals surface area (Å²) >= 11 is 7.64. The van der Waals surface area contributed by atoms with E-state index in [1.807, 2.05) is 18.2 Å². The van der Waals surface area contributed by atoms with E-state index < -0.39 is 0 Å². The van der Waals surface area contributed by atoms with Crippen LogP contribution in [0.15, 0.2) is 18.2 Å². The standard InChI is InChI=1S/C10H11ClN2S/c1-2-7(12)10-13-8-5-3-4-6(11)9(8)14-10/h3-5,7H,2,12H2,1H3. The lowest BCUT2D eigenvalue weighted by Gasteiger charge is -2.01. The molecule has 2 N–H and O–H groups in total. The molecule has 0 saturated heterocycles. The van der Waals surface area contributed by atoms with E-state index >= 15 is 0 Å². The highest BCUT2D eigenvalue weighted by Crippen LogP contribution is 2.31. The van der Waals surface area contributed by atoms with Crippen LogP contribution >= 0.6 is 22.9 Å². The third-order valence-electron chi connectivity index (χ3n) is 2.14. The number of thiazole rings is 1. The van der Waals surface area contributed by atoms with Crippen LogP contribution in [0.2, 0.25) is 5.02 Å². The van der Waals surface area contributed by atoms with Gasteiger partial charge in [-0.25, -0.2) is 4.98 Å². The minimum atomic E-state index is 0.0310. The van der Waals surface area contributed by atoms with Gasteiger partial charge in [-0.3, -0.25) is 0 Å². The maximum atomic E-state index is 6.05. The third-order valence-corrected chi connectivity index (χ3v) is 3.80. The van der Waals surface area contributed by atoms with Crippen molar-refractivity contribution >= 4 is 33.2 Å². The fourth-order valence-electron chi connectivity index (χ4n) is 1.27. The summed E-state index contributed by atoms with van der Waals surface area (Å²) in [6.07, 6.45) is 0.900. The van der Waals surface area contributed by atoms with Crippen molar-refractivity contribution < 1.29 is 0 Å². The van der Waals surface area contributed by atoms with Gasteiger partial charge >= 0.3 is 0 Å². The summed E-state index contributed by atoms with van der Waals surface area (Å²) < 4.78 is 1.04. The number of halogens is 1. The number of nitrogens with zero attached hydrogens (tertiary/aromatic N) is 1. The Morgan fingerprint density at radius 2 is 2.36 bits per heavy atom. The molecule has 0 fully saturated rings. The maximum Gasteiger partial charge on any atom is 0.111 e. The second kappa shape index (κ2) is 3.85. The van der Waals surface area contributed by atoms with E-state index in [1.54, 1.807) is 11.3 Å². The van der Waals surface area contributed by atoms with Crippen LogP contribution in [0.5, 0.6) is 0 Å². The average Bonchev–Trinajstić information content (AvgIpc) is 2.62. The van der Waals surface area contributed by atoms with Crippen molar-refractivity contribution in [3.63, 3.8) is 0 Å². The first-order valence-corrected chi connectivity index (χ1v) is 5.72. The second-order valence-electron chi connectivity index (χ2n) is 3.15. The molecule has 4 heteroatoms. The number of fused-ring (bicyclic) bond motifs is 1. The normalized spacial score (nSPS) is 13.4. The van der Waals surface area contributed by atoms with Gasteiger partial charge in [0, 0.05) is 0 Å². The molecule has 2 nitrogen and oxygen atoms in total. The minimum absolute atomic E-state index is 0.0310.